The number of nitrogen functional groups attached to an aromatic ring is 2. The molecule has 286 valence electrons. The van der Waals surface area contributed by atoms with E-state index in [1.54, 1.807) is 4.90 Å². The average Bonchev–Trinajstić information content (AvgIpc) is 3.17. The number of nitrogens with two attached hydrogens (primary N) is 2. The second-order valence-corrected chi connectivity index (χ2v) is 12.2. The maximum absolute atomic E-state index is 14.2. The summed E-state index contributed by atoms with van der Waals surface area (Å²) in [6.07, 6.45) is 6.44. The molecule has 6 rings (SSSR count). The summed E-state index contributed by atoms with van der Waals surface area (Å²) in [5, 5.41) is 9.51. The minimum absolute atomic E-state index is 0.0536. The Morgan fingerprint density at radius 2 is 1.19 bits per heavy atom. The van der Waals surface area contributed by atoms with E-state index in [0.29, 0.717) is 25.9 Å². The number of benzene rings is 2. The minimum atomic E-state index is -1.33. The molecule has 0 radical (unpaired) electrons. The van der Waals surface area contributed by atoms with Crippen LogP contribution >= 0.6 is 0 Å². The van der Waals surface area contributed by atoms with Crippen molar-refractivity contribution in [2.45, 2.75) is 37.8 Å². The van der Waals surface area contributed by atoms with Gasteiger partial charge in [0.15, 0.2) is 23.3 Å². The number of hydrogen-bond acceptors (Lipinski definition) is 14. The number of methoxy groups -OCH3 is 2. The molecule has 2 aromatic heterocycles. The molecule has 0 unspecified atom stereocenters. The molecule has 2 fully saturated rings. The van der Waals surface area contributed by atoms with Crippen LogP contribution in [0.25, 0.3) is 0 Å². The van der Waals surface area contributed by atoms with Gasteiger partial charge in [-0.15, -0.1) is 0 Å². The topological polar surface area (TPSA) is 213 Å². The standard InChI is InChI=1S/C18H19F2N5O3.C17H19F2N5O2/c1-28-13-3-2-12(19)15(20)14(13)16(27)11-8-22-18(24-17(11)21)23-10-4-6-25(9-26)7-5-10;1-26-12-3-2-11(18)14(19)13(12)15(25)10-8-22-17(24-16(10)20)23-9-4-6-21-7-5-9/h2-3,8-10H,4-7H2,1H3,(H3,21,22,23,24);2-3,8-9,21H,4-7H2,1H3,(H3,20,22,23,24). The van der Waals surface area contributed by atoms with Crippen LogP contribution in [0.15, 0.2) is 36.7 Å². The van der Waals surface area contributed by atoms with Crippen LogP contribution in [0.3, 0.4) is 0 Å². The molecule has 4 heterocycles. The number of carbonyl (C=O) groups is 3. The molecule has 4 aromatic rings. The molecule has 54 heavy (non-hydrogen) atoms. The molecule has 7 N–H and O–H groups in total. The van der Waals surface area contributed by atoms with Gasteiger partial charge in [-0.05, 0) is 63.0 Å². The van der Waals surface area contributed by atoms with Gasteiger partial charge in [0.2, 0.25) is 29.9 Å². The van der Waals surface area contributed by atoms with E-state index in [-0.39, 0.29) is 58.2 Å². The van der Waals surface area contributed by atoms with E-state index >= 15 is 0 Å². The first-order valence-corrected chi connectivity index (χ1v) is 16.8. The van der Waals surface area contributed by atoms with Crippen molar-refractivity contribution in [2.24, 2.45) is 0 Å². The fourth-order valence-electron chi connectivity index (χ4n) is 5.86. The Labute approximate surface area is 306 Å². The Hall–Kier alpha value is -6.11. The monoisotopic (exact) mass is 754 g/mol. The fourth-order valence-corrected chi connectivity index (χ4v) is 5.86. The molecule has 15 nitrogen and oxygen atoms in total. The number of aromatic nitrogens is 4. The first kappa shape index (κ1) is 39.1. The lowest BCUT2D eigenvalue weighted by Crippen LogP contribution is -2.38. The number of ether oxygens (including phenoxy) is 2. The van der Waals surface area contributed by atoms with Gasteiger partial charge in [-0.1, -0.05) is 0 Å². The molecule has 0 atom stereocenters. The Balaban J connectivity index is 0.000000208. The molecule has 2 aliphatic rings. The lowest BCUT2D eigenvalue weighted by Gasteiger charge is -2.29. The van der Waals surface area contributed by atoms with E-state index in [2.05, 4.69) is 35.9 Å². The van der Waals surface area contributed by atoms with Crippen molar-refractivity contribution in [3.8, 4) is 11.5 Å². The number of likely N-dealkylation sites (tertiary alicyclic amines) is 1. The summed E-state index contributed by atoms with van der Waals surface area (Å²) in [5.41, 5.74) is 10.3. The highest BCUT2D eigenvalue weighted by Gasteiger charge is 2.27. The lowest BCUT2D eigenvalue weighted by atomic mass is 10.0. The average molecular weight is 755 g/mol. The van der Waals surface area contributed by atoms with E-state index < -0.39 is 46.0 Å². The molecular weight excluding hydrogens is 716 g/mol. The van der Waals surface area contributed by atoms with E-state index in [1.807, 2.05) is 0 Å². The van der Waals surface area contributed by atoms with Crippen molar-refractivity contribution < 1.29 is 41.4 Å². The van der Waals surface area contributed by atoms with Crippen LogP contribution in [0.2, 0.25) is 0 Å². The van der Waals surface area contributed by atoms with Gasteiger partial charge in [-0.2, -0.15) is 9.97 Å². The zero-order valence-corrected chi connectivity index (χ0v) is 29.3. The summed E-state index contributed by atoms with van der Waals surface area (Å²) >= 11 is 0. The van der Waals surface area contributed by atoms with Gasteiger partial charge < -0.3 is 41.8 Å². The predicted octanol–water partition coefficient (Wildman–Crippen LogP) is 3.35. The van der Waals surface area contributed by atoms with Gasteiger partial charge in [-0.25, -0.2) is 27.5 Å². The smallest absolute Gasteiger partial charge is 0.224 e. The normalized spacial score (nSPS) is 14.7. The van der Waals surface area contributed by atoms with Crippen LogP contribution in [-0.2, 0) is 4.79 Å². The van der Waals surface area contributed by atoms with Gasteiger partial charge in [0, 0.05) is 37.6 Å². The van der Waals surface area contributed by atoms with Gasteiger partial charge >= 0.3 is 0 Å². The first-order valence-electron chi connectivity index (χ1n) is 16.8. The molecule has 0 spiro atoms. The number of piperidine rings is 2. The van der Waals surface area contributed by atoms with Gasteiger partial charge in [0.05, 0.1) is 25.3 Å². The van der Waals surface area contributed by atoms with Crippen molar-refractivity contribution >= 4 is 41.5 Å². The first-order chi connectivity index (χ1) is 25.9. The highest BCUT2D eigenvalue weighted by Crippen LogP contribution is 2.29. The van der Waals surface area contributed by atoms with Crippen molar-refractivity contribution in [3.05, 3.63) is 82.2 Å². The summed E-state index contributed by atoms with van der Waals surface area (Å²) in [6, 6.07) is 4.35. The quantitative estimate of drug-likeness (QED) is 0.0845. The third kappa shape index (κ3) is 8.91. The second-order valence-electron chi connectivity index (χ2n) is 12.2. The number of ketones is 2. The van der Waals surface area contributed by atoms with E-state index in [0.717, 1.165) is 56.7 Å². The predicted molar refractivity (Wildman–Crippen MR) is 189 cm³/mol. The fraction of sp³-hybridized carbons (Fsp3) is 0.343. The van der Waals surface area contributed by atoms with Crippen LogP contribution < -0.4 is 36.9 Å². The van der Waals surface area contributed by atoms with Crippen molar-refractivity contribution in [1.82, 2.24) is 30.2 Å². The van der Waals surface area contributed by atoms with Crippen molar-refractivity contribution in [2.75, 3.05) is 62.5 Å². The molecule has 2 aromatic carbocycles. The molecule has 0 bridgehead atoms. The molecular formula is C35H38F4N10O5. The zero-order chi connectivity index (χ0) is 38.9. The molecule has 19 heteroatoms. The third-order valence-corrected chi connectivity index (χ3v) is 8.82. The minimum Gasteiger partial charge on any atom is -0.496 e. The van der Waals surface area contributed by atoms with Crippen molar-refractivity contribution in [1.29, 1.82) is 0 Å². The summed E-state index contributed by atoms with van der Waals surface area (Å²) in [7, 11) is 2.50. The Morgan fingerprint density at radius 1 is 0.759 bits per heavy atom. The number of carbonyl (C=O) groups excluding carboxylic acids is 3. The van der Waals surface area contributed by atoms with E-state index in [1.165, 1.54) is 26.5 Å². The maximum atomic E-state index is 14.2. The Bertz CT molecular complexity index is 2010. The number of halogens is 4. The maximum Gasteiger partial charge on any atom is 0.224 e. The second kappa shape index (κ2) is 17.6. The van der Waals surface area contributed by atoms with Crippen LogP contribution in [-0.4, -0.2) is 95.3 Å². The van der Waals surface area contributed by atoms with Crippen molar-refractivity contribution in [3.63, 3.8) is 0 Å². The SMILES string of the molecule is COc1ccc(F)c(F)c1C(=O)c1cnc(NC2CCN(C=O)CC2)nc1N.COc1ccc(F)c(F)c1C(=O)c1cnc(NC2CCNCC2)nc1N. The van der Waals surface area contributed by atoms with Crippen LogP contribution in [0, 0.1) is 23.3 Å². The number of hydrogen-bond donors (Lipinski definition) is 5. The van der Waals surface area contributed by atoms with E-state index in [9.17, 15) is 31.9 Å². The summed E-state index contributed by atoms with van der Waals surface area (Å²) < 4.78 is 65.3. The molecule has 1 amide bonds. The molecule has 0 saturated carbocycles. The Kier molecular flexibility index (Phi) is 12.8. The molecule has 2 aliphatic heterocycles. The van der Waals surface area contributed by atoms with Crippen LogP contribution in [0.1, 0.15) is 57.5 Å². The third-order valence-electron chi connectivity index (χ3n) is 8.82. The summed E-state index contributed by atoms with van der Waals surface area (Å²) in [6.45, 7) is 3.02. The largest absolute Gasteiger partial charge is 0.496 e. The highest BCUT2D eigenvalue weighted by atomic mass is 19.2. The number of anilines is 4. The van der Waals surface area contributed by atoms with Crippen LogP contribution in [0.5, 0.6) is 11.5 Å². The number of nitrogens with zero attached hydrogens (tertiary/aromatic N) is 5. The van der Waals surface area contributed by atoms with Crippen LogP contribution in [0.4, 0.5) is 41.1 Å². The summed E-state index contributed by atoms with van der Waals surface area (Å²) in [4.78, 5) is 54.0. The number of amides is 1. The summed E-state index contributed by atoms with van der Waals surface area (Å²) in [5.74, 6) is -6.67. The van der Waals surface area contributed by atoms with Gasteiger partial charge in [0.1, 0.15) is 34.3 Å². The zero-order valence-electron chi connectivity index (χ0n) is 29.3. The van der Waals surface area contributed by atoms with Gasteiger partial charge in [0.25, 0.3) is 0 Å². The Morgan fingerprint density at radius 3 is 1.57 bits per heavy atom. The number of rotatable bonds is 11. The van der Waals surface area contributed by atoms with Gasteiger partial charge in [-0.3, -0.25) is 14.4 Å². The molecule has 0 aliphatic carbocycles. The lowest BCUT2D eigenvalue weighted by molar-refractivity contribution is -0.118. The van der Waals surface area contributed by atoms with E-state index in [4.69, 9.17) is 20.9 Å². The number of nitrogens with one attached hydrogen (secondary N) is 3. The highest BCUT2D eigenvalue weighted by molar-refractivity contribution is 6.14. The molecule has 2 saturated heterocycles.